The molecule has 0 radical (unpaired) electrons. The molecule has 1 aromatic heterocycles. The second-order valence-corrected chi connectivity index (χ2v) is 9.26. The molecule has 4 nitrogen and oxygen atoms in total. The summed E-state index contributed by atoms with van der Waals surface area (Å²) in [6.45, 7) is 0.328. The number of halogens is 1. The fourth-order valence-corrected chi connectivity index (χ4v) is 5.07. The molecule has 0 aliphatic heterocycles. The van der Waals surface area contributed by atoms with Gasteiger partial charge in [-0.3, -0.25) is 0 Å². The molecule has 1 N–H and O–H groups in total. The molecule has 2 aromatic rings. The number of rotatable bonds is 6. The van der Waals surface area contributed by atoms with Gasteiger partial charge >= 0.3 is 0 Å². The van der Waals surface area contributed by atoms with Gasteiger partial charge in [-0.2, -0.15) is 0 Å². The quantitative estimate of drug-likeness (QED) is 0.826. The number of nitrogens with zero attached hydrogens (tertiary/aromatic N) is 1. The van der Waals surface area contributed by atoms with E-state index in [-0.39, 0.29) is 6.04 Å². The van der Waals surface area contributed by atoms with Crippen molar-refractivity contribution >= 4 is 37.3 Å². The van der Waals surface area contributed by atoms with E-state index in [9.17, 15) is 8.42 Å². The Morgan fingerprint density at radius 1 is 1.19 bits per heavy atom. The van der Waals surface area contributed by atoms with E-state index in [1.165, 1.54) is 11.3 Å². The standard InChI is InChI=1S/C14H17BrN2O2S2/c1-17(2)12(11-6-4-3-5-7-11)10-16-21(18,19)14-9-8-13(15)20-14/h3-9,12,16H,10H2,1-2H3. The van der Waals surface area contributed by atoms with Crippen LogP contribution in [0.25, 0.3) is 0 Å². The van der Waals surface area contributed by atoms with Gasteiger partial charge in [0.15, 0.2) is 0 Å². The van der Waals surface area contributed by atoms with Gasteiger partial charge in [-0.1, -0.05) is 30.3 Å². The molecule has 21 heavy (non-hydrogen) atoms. The first kappa shape index (κ1) is 16.6. The molecule has 1 aromatic carbocycles. The number of hydrogen-bond donors (Lipinski definition) is 1. The second kappa shape index (κ2) is 7.02. The van der Waals surface area contributed by atoms with Crippen molar-refractivity contribution in [3.05, 3.63) is 51.8 Å². The minimum absolute atomic E-state index is 0.00984. The molecular weight excluding hydrogens is 372 g/mol. The molecule has 0 aliphatic rings. The lowest BCUT2D eigenvalue weighted by atomic mass is 10.1. The Bertz CT molecular complexity index is 684. The van der Waals surface area contributed by atoms with Crippen molar-refractivity contribution in [1.29, 1.82) is 0 Å². The zero-order chi connectivity index (χ0) is 15.5. The number of nitrogens with one attached hydrogen (secondary N) is 1. The Morgan fingerprint density at radius 3 is 2.38 bits per heavy atom. The minimum Gasteiger partial charge on any atom is -0.301 e. The fraction of sp³-hybridized carbons (Fsp3) is 0.286. The third-order valence-corrected chi connectivity index (χ3v) is 6.63. The molecule has 2 rings (SSSR count). The Balaban J connectivity index is 2.13. The molecule has 0 bridgehead atoms. The number of hydrogen-bond acceptors (Lipinski definition) is 4. The molecule has 1 unspecified atom stereocenters. The van der Waals surface area contributed by atoms with E-state index in [2.05, 4.69) is 20.7 Å². The summed E-state index contributed by atoms with van der Waals surface area (Å²) in [5.41, 5.74) is 1.08. The van der Waals surface area contributed by atoms with Gasteiger partial charge in [-0.25, -0.2) is 13.1 Å². The van der Waals surface area contributed by atoms with Gasteiger partial charge in [0.25, 0.3) is 0 Å². The van der Waals surface area contributed by atoms with Crippen LogP contribution < -0.4 is 4.72 Å². The first-order valence-corrected chi connectivity index (χ1v) is 9.46. The van der Waals surface area contributed by atoms with E-state index in [4.69, 9.17) is 0 Å². The van der Waals surface area contributed by atoms with Crippen LogP contribution >= 0.6 is 27.3 Å². The predicted octanol–water partition coefficient (Wildman–Crippen LogP) is 3.09. The zero-order valence-corrected chi connectivity index (χ0v) is 15.0. The van der Waals surface area contributed by atoms with Crippen LogP contribution in [-0.2, 0) is 10.0 Å². The van der Waals surface area contributed by atoms with Gasteiger partial charge in [0.05, 0.1) is 3.79 Å². The lowest BCUT2D eigenvalue weighted by molar-refractivity contribution is 0.299. The summed E-state index contributed by atoms with van der Waals surface area (Å²) in [4.78, 5) is 2.00. The normalized spacial score (nSPS) is 13.5. The number of thiophene rings is 1. The van der Waals surface area contributed by atoms with E-state index in [0.29, 0.717) is 10.8 Å². The highest BCUT2D eigenvalue weighted by Crippen LogP contribution is 2.26. The van der Waals surface area contributed by atoms with Gasteiger partial charge < -0.3 is 4.90 Å². The minimum atomic E-state index is -3.46. The molecule has 0 saturated heterocycles. The maximum Gasteiger partial charge on any atom is 0.250 e. The summed E-state index contributed by atoms with van der Waals surface area (Å²) in [5.74, 6) is 0. The lowest BCUT2D eigenvalue weighted by Gasteiger charge is -2.24. The fourth-order valence-electron chi connectivity index (χ4n) is 1.98. The zero-order valence-electron chi connectivity index (χ0n) is 11.8. The first-order valence-electron chi connectivity index (χ1n) is 6.36. The van der Waals surface area contributed by atoms with Crippen LogP contribution in [-0.4, -0.2) is 34.0 Å². The van der Waals surface area contributed by atoms with E-state index in [1.807, 2.05) is 49.3 Å². The number of likely N-dealkylation sites (N-methyl/N-ethyl adjacent to an activating group) is 1. The van der Waals surface area contributed by atoms with E-state index in [0.717, 1.165) is 9.35 Å². The smallest absolute Gasteiger partial charge is 0.250 e. The molecule has 0 saturated carbocycles. The van der Waals surface area contributed by atoms with Crippen molar-refractivity contribution in [1.82, 2.24) is 9.62 Å². The number of sulfonamides is 1. The van der Waals surface area contributed by atoms with Crippen LogP contribution in [0.15, 0.2) is 50.5 Å². The van der Waals surface area contributed by atoms with Crippen LogP contribution in [0, 0.1) is 0 Å². The molecule has 1 heterocycles. The molecular formula is C14H17BrN2O2S2. The van der Waals surface area contributed by atoms with E-state index < -0.39 is 10.0 Å². The van der Waals surface area contributed by atoms with Crippen LogP contribution in [0.5, 0.6) is 0 Å². The van der Waals surface area contributed by atoms with Gasteiger partial charge in [0, 0.05) is 12.6 Å². The summed E-state index contributed by atoms with van der Waals surface area (Å²) in [6, 6.07) is 13.2. The van der Waals surface area contributed by atoms with Crippen molar-refractivity contribution in [2.75, 3.05) is 20.6 Å². The van der Waals surface area contributed by atoms with Crippen molar-refractivity contribution in [2.24, 2.45) is 0 Å². The van der Waals surface area contributed by atoms with Crippen molar-refractivity contribution in [3.63, 3.8) is 0 Å². The maximum atomic E-state index is 12.3. The summed E-state index contributed by atoms with van der Waals surface area (Å²) in [7, 11) is 0.412. The summed E-state index contributed by atoms with van der Waals surface area (Å²) < 4.78 is 28.3. The number of benzene rings is 1. The molecule has 0 fully saturated rings. The Morgan fingerprint density at radius 2 is 1.86 bits per heavy atom. The molecule has 0 amide bonds. The topological polar surface area (TPSA) is 49.4 Å². The molecule has 114 valence electrons. The van der Waals surface area contributed by atoms with Crippen molar-refractivity contribution < 1.29 is 8.42 Å². The monoisotopic (exact) mass is 388 g/mol. The maximum absolute atomic E-state index is 12.3. The summed E-state index contributed by atoms with van der Waals surface area (Å²) in [5, 5.41) is 0. The molecule has 7 heteroatoms. The molecule has 1 atom stereocenters. The lowest BCUT2D eigenvalue weighted by Crippen LogP contribution is -2.34. The SMILES string of the molecule is CN(C)C(CNS(=O)(=O)c1ccc(Br)s1)c1ccccc1. The largest absolute Gasteiger partial charge is 0.301 e. The Labute approximate surface area is 138 Å². The van der Waals surface area contributed by atoms with Gasteiger partial charge in [0.2, 0.25) is 10.0 Å². The van der Waals surface area contributed by atoms with E-state index >= 15 is 0 Å². The highest BCUT2D eigenvalue weighted by atomic mass is 79.9. The Hall–Kier alpha value is -0.730. The van der Waals surface area contributed by atoms with Gasteiger partial charge in [0.1, 0.15) is 4.21 Å². The van der Waals surface area contributed by atoms with E-state index in [1.54, 1.807) is 12.1 Å². The first-order chi connectivity index (χ1) is 9.90. The third kappa shape index (κ3) is 4.37. The van der Waals surface area contributed by atoms with Gasteiger partial charge in [-0.05, 0) is 47.7 Å². The molecule has 0 spiro atoms. The second-order valence-electron chi connectivity index (χ2n) is 4.80. The van der Waals surface area contributed by atoms with Crippen LogP contribution in [0.4, 0.5) is 0 Å². The van der Waals surface area contributed by atoms with Crippen LogP contribution in [0.1, 0.15) is 11.6 Å². The Kier molecular flexibility index (Phi) is 5.56. The predicted molar refractivity (Wildman–Crippen MR) is 90.1 cm³/mol. The van der Waals surface area contributed by atoms with Crippen LogP contribution in [0.2, 0.25) is 0 Å². The molecule has 0 aliphatic carbocycles. The third-order valence-electron chi connectivity index (χ3n) is 3.09. The van der Waals surface area contributed by atoms with Gasteiger partial charge in [-0.15, -0.1) is 11.3 Å². The average molecular weight is 389 g/mol. The van der Waals surface area contributed by atoms with Crippen molar-refractivity contribution in [2.45, 2.75) is 10.3 Å². The van der Waals surface area contributed by atoms with Crippen LogP contribution in [0.3, 0.4) is 0 Å². The summed E-state index contributed by atoms with van der Waals surface area (Å²) >= 11 is 4.49. The summed E-state index contributed by atoms with van der Waals surface area (Å²) in [6.07, 6.45) is 0. The average Bonchev–Trinajstić information content (AvgIpc) is 2.87. The van der Waals surface area contributed by atoms with Crippen molar-refractivity contribution in [3.8, 4) is 0 Å². The highest BCUT2D eigenvalue weighted by molar-refractivity contribution is 9.11. The highest BCUT2D eigenvalue weighted by Gasteiger charge is 2.20.